The number of hydrogen-bond donors (Lipinski definition) is 1. The Morgan fingerprint density at radius 2 is 1.61 bits per heavy atom. The standard InChI is InChI=1S/C11H8N2O5/c1-6-2-3-7-8(4-6)11(14)10(13(17)18)5-9(7)12(15)16/h2-5,14H,1H3. The molecule has 2 aromatic carbocycles. The van der Waals surface area contributed by atoms with Gasteiger partial charge in [0, 0.05) is 5.39 Å². The topological polar surface area (TPSA) is 107 Å². The molecule has 0 aromatic heterocycles. The van der Waals surface area contributed by atoms with Crippen molar-refractivity contribution in [1.82, 2.24) is 0 Å². The number of nitrogens with zero attached hydrogens (tertiary/aromatic N) is 2. The molecule has 0 amide bonds. The van der Waals surface area contributed by atoms with E-state index in [0.717, 1.165) is 11.6 Å². The minimum atomic E-state index is -0.843. The van der Waals surface area contributed by atoms with E-state index in [4.69, 9.17) is 0 Å². The van der Waals surface area contributed by atoms with Crippen LogP contribution in [0.1, 0.15) is 5.56 Å². The van der Waals surface area contributed by atoms with Gasteiger partial charge in [-0.3, -0.25) is 20.2 Å². The largest absolute Gasteiger partial charge is 0.502 e. The highest BCUT2D eigenvalue weighted by molar-refractivity contribution is 5.98. The summed E-state index contributed by atoms with van der Waals surface area (Å²) in [5.74, 6) is -0.552. The number of rotatable bonds is 2. The van der Waals surface area contributed by atoms with Gasteiger partial charge >= 0.3 is 5.69 Å². The maximum absolute atomic E-state index is 10.9. The van der Waals surface area contributed by atoms with Crippen LogP contribution in [0.5, 0.6) is 5.75 Å². The number of non-ortho nitro benzene ring substituents is 1. The molecule has 0 aliphatic rings. The predicted octanol–water partition coefficient (Wildman–Crippen LogP) is 2.67. The maximum atomic E-state index is 10.9. The molecule has 0 heterocycles. The summed E-state index contributed by atoms with van der Waals surface area (Å²) in [5, 5.41) is 31.7. The Labute approximate surface area is 101 Å². The van der Waals surface area contributed by atoms with Gasteiger partial charge in [0.05, 0.1) is 21.3 Å². The van der Waals surface area contributed by atoms with Crippen molar-refractivity contribution in [1.29, 1.82) is 0 Å². The van der Waals surface area contributed by atoms with Gasteiger partial charge in [-0.25, -0.2) is 0 Å². The molecule has 18 heavy (non-hydrogen) atoms. The van der Waals surface area contributed by atoms with Crippen LogP contribution in [-0.4, -0.2) is 15.0 Å². The molecule has 0 saturated carbocycles. The van der Waals surface area contributed by atoms with Crippen molar-refractivity contribution in [3.63, 3.8) is 0 Å². The Morgan fingerprint density at radius 3 is 2.17 bits per heavy atom. The van der Waals surface area contributed by atoms with Gasteiger partial charge in [0.2, 0.25) is 5.75 Å². The highest BCUT2D eigenvalue weighted by Gasteiger charge is 2.25. The van der Waals surface area contributed by atoms with E-state index >= 15 is 0 Å². The van der Waals surface area contributed by atoms with Gasteiger partial charge in [-0.15, -0.1) is 0 Å². The average Bonchev–Trinajstić information content (AvgIpc) is 2.29. The summed E-state index contributed by atoms with van der Waals surface area (Å²) >= 11 is 0. The monoisotopic (exact) mass is 248 g/mol. The SMILES string of the molecule is Cc1ccc2c([N+](=O)[O-])cc([N+](=O)[O-])c(O)c2c1. The van der Waals surface area contributed by atoms with Crippen molar-refractivity contribution < 1.29 is 15.0 Å². The molecule has 0 unspecified atom stereocenters. The Morgan fingerprint density at radius 1 is 1.00 bits per heavy atom. The number of nitro benzene ring substituents is 2. The van der Waals surface area contributed by atoms with Gasteiger partial charge < -0.3 is 5.11 Å². The number of aryl methyl sites for hydroxylation is 1. The summed E-state index contributed by atoms with van der Waals surface area (Å²) < 4.78 is 0. The maximum Gasteiger partial charge on any atom is 0.318 e. The van der Waals surface area contributed by atoms with Gasteiger partial charge in [-0.05, 0) is 19.1 Å². The van der Waals surface area contributed by atoms with Crippen molar-refractivity contribution in [2.24, 2.45) is 0 Å². The number of hydrogen-bond acceptors (Lipinski definition) is 5. The van der Waals surface area contributed by atoms with E-state index in [1.165, 1.54) is 12.1 Å². The summed E-state index contributed by atoms with van der Waals surface area (Å²) in [7, 11) is 0. The highest BCUT2D eigenvalue weighted by Crippen LogP contribution is 2.40. The molecule has 0 fully saturated rings. The zero-order chi connectivity index (χ0) is 13.4. The molecule has 7 nitrogen and oxygen atoms in total. The number of fused-ring (bicyclic) bond motifs is 1. The lowest BCUT2D eigenvalue weighted by Gasteiger charge is -2.04. The van der Waals surface area contributed by atoms with Crippen LogP contribution in [0.4, 0.5) is 11.4 Å². The third-order valence-corrected chi connectivity index (χ3v) is 2.62. The van der Waals surface area contributed by atoms with E-state index in [-0.39, 0.29) is 10.8 Å². The van der Waals surface area contributed by atoms with E-state index in [0.29, 0.717) is 0 Å². The summed E-state index contributed by atoms with van der Waals surface area (Å²) in [6, 6.07) is 5.35. The molecule has 0 saturated heterocycles. The number of nitro groups is 2. The molecule has 0 atom stereocenters. The second-order valence-electron chi connectivity index (χ2n) is 3.83. The lowest BCUT2D eigenvalue weighted by Crippen LogP contribution is -1.95. The van der Waals surface area contributed by atoms with Crippen LogP contribution in [-0.2, 0) is 0 Å². The molecule has 0 aliphatic heterocycles. The van der Waals surface area contributed by atoms with Gasteiger partial charge in [-0.2, -0.15) is 0 Å². The Kier molecular flexibility index (Phi) is 2.59. The molecular weight excluding hydrogens is 240 g/mol. The van der Waals surface area contributed by atoms with Crippen molar-refractivity contribution in [2.45, 2.75) is 6.92 Å². The molecule has 1 N–H and O–H groups in total. The van der Waals surface area contributed by atoms with Crippen molar-refractivity contribution in [3.05, 3.63) is 50.1 Å². The Hall–Kier alpha value is -2.70. The fourth-order valence-electron chi connectivity index (χ4n) is 1.78. The molecule has 92 valence electrons. The lowest BCUT2D eigenvalue weighted by atomic mass is 10.0. The van der Waals surface area contributed by atoms with Crippen LogP contribution in [0.3, 0.4) is 0 Å². The zero-order valence-corrected chi connectivity index (χ0v) is 9.28. The van der Waals surface area contributed by atoms with Crippen LogP contribution >= 0.6 is 0 Å². The lowest BCUT2D eigenvalue weighted by molar-refractivity contribution is -0.393. The molecule has 0 radical (unpaired) electrons. The fraction of sp³-hybridized carbons (Fsp3) is 0.0909. The quantitative estimate of drug-likeness (QED) is 0.649. The first-order chi connectivity index (χ1) is 8.41. The number of phenols is 1. The first-order valence-corrected chi connectivity index (χ1v) is 4.97. The van der Waals surface area contributed by atoms with Gasteiger partial charge in [0.1, 0.15) is 0 Å². The van der Waals surface area contributed by atoms with Gasteiger partial charge in [0.25, 0.3) is 5.69 Å². The third-order valence-electron chi connectivity index (χ3n) is 2.62. The van der Waals surface area contributed by atoms with Gasteiger partial charge in [-0.1, -0.05) is 11.6 Å². The molecular formula is C11H8N2O5. The van der Waals surface area contributed by atoms with Crippen LogP contribution in [0.2, 0.25) is 0 Å². The Balaban J connectivity index is 2.97. The number of benzene rings is 2. The average molecular weight is 248 g/mol. The fourth-order valence-corrected chi connectivity index (χ4v) is 1.78. The summed E-state index contributed by atoms with van der Waals surface area (Å²) in [6.45, 7) is 1.73. The first-order valence-electron chi connectivity index (χ1n) is 4.97. The first kappa shape index (κ1) is 11.8. The van der Waals surface area contributed by atoms with E-state index in [1.807, 2.05) is 0 Å². The van der Waals surface area contributed by atoms with Crippen LogP contribution in [0.15, 0.2) is 24.3 Å². The Bertz CT molecular complexity index is 681. The third kappa shape index (κ3) is 1.71. The predicted molar refractivity (Wildman–Crippen MR) is 63.7 cm³/mol. The van der Waals surface area contributed by atoms with Crippen molar-refractivity contribution in [3.8, 4) is 5.75 Å². The van der Waals surface area contributed by atoms with E-state index < -0.39 is 27.0 Å². The molecule has 2 rings (SSSR count). The van der Waals surface area contributed by atoms with Crippen LogP contribution in [0, 0.1) is 27.2 Å². The van der Waals surface area contributed by atoms with E-state index in [9.17, 15) is 25.3 Å². The zero-order valence-electron chi connectivity index (χ0n) is 9.28. The highest BCUT2D eigenvalue weighted by atomic mass is 16.6. The molecule has 2 aromatic rings. The smallest absolute Gasteiger partial charge is 0.318 e. The minimum absolute atomic E-state index is 0.107. The van der Waals surface area contributed by atoms with E-state index in [1.54, 1.807) is 13.0 Å². The number of aromatic hydroxyl groups is 1. The molecule has 0 bridgehead atoms. The molecule has 7 heteroatoms. The van der Waals surface area contributed by atoms with Crippen molar-refractivity contribution >= 4 is 22.1 Å². The second-order valence-corrected chi connectivity index (χ2v) is 3.83. The normalized spacial score (nSPS) is 10.5. The minimum Gasteiger partial charge on any atom is -0.502 e. The molecule has 0 spiro atoms. The van der Waals surface area contributed by atoms with Crippen molar-refractivity contribution in [2.75, 3.05) is 0 Å². The van der Waals surface area contributed by atoms with Crippen LogP contribution < -0.4 is 0 Å². The van der Waals surface area contributed by atoms with E-state index in [2.05, 4.69) is 0 Å². The van der Waals surface area contributed by atoms with Gasteiger partial charge in [0.15, 0.2) is 0 Å². The molecule has 0 aliphatic carbocycles. The number of phenolic OH excluding ortho intramolecular Hbond substituents is 1. The summed E-state index contributed by atoms with van der Waals surface area (Å²) in [5.41, 5.74) is -0.318. The van der Waals surface area contributed by atoms with Crippen LogP contribution in [0.25, 0.3) is 10.8 Å². The second kappa shape index (κ2) is 3.95. The summed E-state index contributed by atoms with van der Waals surface area (Å²) in [4.78, 5) is 20.1. The summed E-state index contributed by atoms with van der Waals surface area (Å²) in [6.07, 6.45) is 0.